The van der Waals surface area contributed by atoms with Gasteiger partial charge in [-0.1, -0.05) is 20.8 Å². The van der Waals surface area contributed by atoms with Gasteiger partial charge in [-0.15, -0.1) is 0 Å². The van der Waals surface area contributed by atoms with Gasteiger partial charge in [-0.05, 0) is 32.0 Å². The number of nitrogens with zero attached hydrogens (tertiary/aromatic N) is 2. The molecule has 0 aliphatic rings. The Kier molecular flexibility index (Phi) is 5.75. The molecule has 0 fully saturated rings. The van der Waals surface area contributed by atoms with Crippen LogP contribution in [0.3, 0.4) is 0 Å². The summed E-state index contributed by atoms with van der Waals surface area (Å²) >= 11 is 0. The molecule has 5 heteroatoms. The van der Waals surface area contributed by atoms with E-state index >= 15 is 0 Å². The fourth-order valence-electron chi connectivity index (χ4n) is 1.02. The lowest BCUT2D eigenvalue weighted by atomic mass is 10.2. The molecule has 0 aromatic heterocycles. The summed E-state index contributed by atoms with van der Waals surface area (Å²) in [7, 11) is 1.82. The van der Waals surface area contributed by atoms with Gasteiger partial charge >= 0.3 is 0 Å². The normalized spacial score (nSPS) is 15.5. The first kappa shape index (κ1) is 17.3. The molecule has 0 aromatic carbocycles. The van der Waals surface area contributed by atoms with Crippen LogP contribution in [-0.2, 0) is 9.22 Å². The Balaban J connectivity index is 4.75. The molecule has 0 bridgehead atoms. The third-order valence-corrected chi connectivity index (χ3v) is 8.10. The number of hydrogen-bond donors (Lipinski definition) is 0. The molecule has 0 rings (SSSR count). The van der Waals surface area contributed by atoms with Crippen LogP contribution in [0.15, 0.2) is 4.99 Å². The van der Waals surface area contributed by atoms with E-state index in [1.165, 1.54) is 0 Å². The topological polar surface area (TPSA) is 41.9 Å². The summed E-state index contributed by atoms with van der Waals surface area (Å²) in [6.45, 7) is 14.4. The Labute approximate surface area is 113 Å². The second kappa shape index (κ2) is 5.97. The van der Waals surface area contributed by atoms with Crippen molar-refractivity contribution in [3.63, 3.8) is 0 Å². The van der Waals surface area contributed by atoms with Gasteiger partial charge in [0.25, 0.3) is 5.91 Å². The van der Waals surface area contributed by atoms with Crippen molar-refractivity contribution in [2.24, 2.45) is 4.99 Å². The summed E-state index contributed by atoms with van der Waals surface area (Å²) in [4.78, 5) is 17.8. The average Bonchev–Trinajstić information content (AvgIpc) is 2.14. The van der Waals surface area contributed by atoms with E-state index in [1.807, 2.05) is 25.9 Å². The summed E-state index contributed by atoms with van der Waals surface area (Å²) in [6, 6.07) is 0. The van der Waals surface area contributed by atoms with Crippen LogP contribution in [0.4, 0.5) is 0 Å². The van der Waals surface area contributed by atoms with E-state index in [0.717, 1.165) is 0 Å². The van der Waals surface area contributed by atoms with Crippen LogP contribution in [0.1, 0.15) is 34.6 Å². The lowest BCUT2D eigenvalue weighted by Gasteiger charge is -2.37. The van der Waals surface area contributed by atoms with E-state index < -0.39 is 14.4 Å². The molecule has 1 unspecified atom stereocenters. The van der Waals surface area contributed by atoms with Crippen LogP contribution >= 0.6 is 0 Å². The molecule has 0 radical (unpaired) electrons. The molecule has 0 spiro atoms. The number of carbonyl (C=O) groups excluding carboxylic acids is 1. The third kappa shape index (κ3) is 4.90. The highest BCUT2D eigenvalue weighted by Crippen LogP contribution is 2.37. The van der Waals surface area contributed by atoms with E-state index in [0.29, 0.717) is 5.84 Å². The summed E-state index contributed by atoms with van der Waals surface area (Å²) in [5, 5.41) is 0.0991. The van der Waals surface area contributed by atoms with Crippen molar-refractivity contribution in [2.75, 3.05) is 14.1 Å². The zero-order chi connectivity index (χ0) is 14.7. The van der Waals surface area contributed by atoms with Crippen LogP contribution in [0.25, 0.3) is 0 Å². The van der Waals surface area contributed by atoms with E-state index in [-0.39, 0.29) is 10.9 Å². The number of amides is 1. The van der Waals surface area contributed by atoms with Crippen LogP contribution < -0.4 is 0 Å². The SMILES string of the molecule is CC(=NC(=O)C(C)O[Si](C)(C)C(C)(C)C)N(C)C. The van der Waals surface area contributed by atoms with Gasteiger partial charge in [0.15, 0.2) is 8.32 Å². The van der Waals surface area contributed by atoms with Crippen molar-refractivity contribution in [1.82, 2.24) is 4.90 Å². The highest BCUT2D eigenvalue weighted by molar-refractivity contribution is 6.74. The van der Waals surface area contributed by atoms with Crippen LogP contribution in [0.2, 0.25) is 18.1 Å². The Bertz CT molecular complexity index is 330. The molecule has 18 heavy (non-hydrogen) atoms. The summed E-state index contributed by atoms with van der Waals surface area (Å²) in [5.41, 5.74) is 0. The molecular weight excluding hydrogens is 244 g/mol. The minimum Gasteiger partial charge on any atom is -0.405 e. The second-order valence-corrected chi connectivity index (χ2v) is 11.2. The first-order valence-electron chi connectivity index (χ1n) is 6.33. The molecule has 4 nitrogen and oxygen atoms in total. The summed E-state index contributed by atoms with van der Waals surface area (Å²) in [5.74, 6) is 0.497. The van der Waals surface area contributed by atoms with Crippen molar-refractivity contribution in [3.05, 3.63) is 0 Å². The first-order chi connectivity index (χ1) is 7.88. The molecule has 106 valence electrons. The van der Waals surface area contributed by atoms with Gasteiger partial charge in [0.2, 0.25) is 0 Å². The Morgan fingerprint density at radius 3 is 2.06 bits per heavy atom. The smallest absolute Gasteiger partial charge is 0.274 e. The maximum Gasteiger partial charge on any atom is 0.274 e. The van der Waals surface area contributed by atoms with Gasteiger partial charge in [0, 0.05) is 14.1 Å². The van der Waals surface area contributed by atoms with Crippen LogP contribution in [0.5, 0.6) is 0 Å². The molecule has 0 saturated heterocycles. The molecule has 0 heterocycles. The fourth-order valence-corrected chi connectivity index (χ4v) is 2.36. The summed E-state index contributed by atoms with van der Waals surface area (Å²) < 4.78 is 6.01. The molecule has 0 aliphatic heterocycles. The number of amidine groups is 1. The predicted octanol–water partition coefficient (Wildman–Crippen LogP) is 2.90. The Morgan fingerprint density at radius 1 is 1.28 bits per heavy atom. The highest BCUT2D eigenvalue weighted by atomic mass is 28.4. The Hall–Kier alpha value is -0.683. The lowest BCUT2D eigenvalue weighted by Crippen LogP contribution is -2.45. The van der Waals surface area contributed by atoms with Gasteiger partial charge < -0.3 is 9.33 Å². The monoisotopic (exact) mass is 272 g/mol. The predicted molar refractivity (Wildman–Crippen MR) is 79.5 cm³/mol. The fraction of sp³-hybridized carbons (Fsp3) is 0.846. The second-order valence-electron chi connectivity index (χ2n) is 6.41. The van der Waals surface area contributed by atoms with Gasteiger partial charge in [0.05, 0.1) is 0 Å². The minimum absolute atomic E-state index is 0.0991. The van der Waals surface area contributed by atoms with E-state index in [1.54, 1.807) is 6.92 Å². The Morgan fingerprint density at radius 2 is 1.72 bits per heavy atom. The maximum atomic E-state index is 11.9. The third-order valence-electron chi connectivity index (χ3n) is 3.54. The standard InChI is InChI=1S/C13H28N2O2Si/c1-10(12(16)14-11(2)15(6)7)17-18(8,9)13(3,4)5/h10H,1-9H3. The molecule has 0 saturated carbocycles. The van der Waals surface area contributed by atoms with Crippen molar-refractivity contribution in [2.45, 2.75) is 58.9 Å². The molecule has 0 aromatic rings. The van der Waals surface area contributed by atoms with Crippen LogP contribution in [-0.4, -0.2) is 45.2 Å². The number of rotatable bonds is 3. The molecule has 0 aliphatic carbocycles. The molecule has 0 N–H and O–H groups in total. The van der Waals surface area contributed by atoms with Crippen molar-refractivity contribution in [1.29, 1.82) is 0 Å². The van der Waals surface area contributed by atoms with Crippen LogP contribution in [0, 0.1) is 0 Å². The zero-order valence-corrected chi connectivity index (χ0v) is 14.3. The summed E-state index contributed by atoms with van der Waals surface area (Å²) in [6.07, 6.45) is -0.471. The zero-order valence-electron chi connectivity index (χ0n) is 13.3. The number of aliphatic imine (C=N–C) groups is 1. The largest absolute Gasteiger partial charge is 0.405 e. The highest BCUT2D eigenvalue weighted by Gasteiger charge is 2.39. The molecule has 1 atom stereocenters. The van der Waals surface area contributed by atoms with Gasteiger partial charge in [0.1, 0.15) is 11.9 Å². The quantitative estimate of drug-likeness (QED) is 0.451. The molecule has 1 amide bonds. The van der Waals surface area contributed by atoms with Crippen molar-refractivity contribution in [3.8, 4) is 0 Å². The van der Waals surface area contributed by atoms with E-state index in [4.69, 9.17) is 4.43 Å². The van der Waals surface area contributed by atoms with E-state index in [9.17, 15) is 4.79 Å². The first-order valence-corrected chi connectivity index (χ1v) is 9.23. The van der Waals surface area contributed by atoms with Gasteiger partial charge in [-0.25, -0.2) is 0 Å². The lowest BCUT2D eigenvalue weighted by molar-refractivity contribution is -0.124. The van der Waals surface area contributed by atoms with Crippen molar-refractivity contribution < 1.29 is 9.22 Å². The van der Waals surface area contributed by atoms with E-state index in [2.05, 4.69) is 38.9 Å². The number of carbonyl (C=O) groups is 1. The minimum atomic E-state index is -1.91. The maximum absolute atomic E-state index is 11.9. The van der Waals surface area contributed by atoms with Crippen molar-refractivity contribution >= 4 is 20.1 Å². The van der Waals surface area contributed by atoms with Gasteiger partial charge in [-0.2, -0.15) is 4.99 Å². The average molecular weight is 272 g/mol. The van der Waals surface area contributed by atoms with Gasteiger partial charge in [-0.3, -0.25) is 4.79 Å². The molecular formula is C13H28N2O2Si. The number of hydrogen-bond acceptors (Lipinski definition) is 2.